The molecule has 0 aliphatic carbocycles. The van der Waals surface area contributed by atoms with E-state index in [1.54, 1.807) is 24.3 Å². The third kappa shape index (κ3) is 3.54. The molecule has 2 aromatic carbocycles. The minimum absolute atomic E-state index is 0.00488. The van der Waals surface area contributed by atoms with Gasteiger partial charge in [0, 0.05) is 31.3 Å². The number of nitrogens with one attached hydrogen (secondary N) is 1. The first kappa shape index (κ1) is 18.7. The number of nitrogens with zero attached hydrogens (tertiary/aromatic N) is 1. The maximum Gasteiger partial charge on any atom is 0.419 e. The number of aryl methyl sites for hydroxylation is 1. The Hall–Kier alpha value is -2.13. The molecule has 0 aliphatic rings. The second-order valence-corrected chi connectivity index (χ2v) is 7.83. The van der Waals surface area contributed by atoms with Crippen molar-refractivity contribution >= 4 is 32.7 Å². The van der Waals surface area contributed by atoms with Crippen LogP contribution in [0.5, 0.6) is 0 Å². The van der Waals surface area contributed by atoms with E-state index in [1.807, 2.05) is 0 Å². The van der Waals surface area contributed by atoms with E-state index in [9.17, 15) is 13.2 Å². The lowest BCUT2D eigenvalue weighted by Crippen LogP contribution is -2.29. The minimum atomic E-state index is -3.82. The summed E-state index contributed by atoms with van der Waals surface area (Å²) in [6.45, 7) is 0.00488. The van der Waals surface area contributed by atoms with Gasteiger partial charge in [0.1, 0.15) is 0 Å². The van der Waals surface area contributed by atoms with Crippen LogP contribution in [0.3, 0.4) is 0 Å². The van der Waals surface area contributed by atoms with Crippen molar-refractivity contribution in [2.45, 2.75) is 11.0 Å². The van der Waals surface area contributed by atoms with Crippen LogP contribution in [-0.4, -0.2) is 26.6 Å². The summed E-state index contributed by atoms with van der Waals surface area (Å²) in [5.41, 5.74) is 1.40. The molecular formula is C17H17ClN2O5S. The van der Waals surface area contributed by atoms with E-state index in [2.05, 4.69) is 4.72 Å². The Balaban J connectivity index is 1.85. The number of methoxy groups -OCH3 is 1. The number of fused-ring (bicyclic) bond motifs is 1. The molecule has 0 aliphatic heterocycles. The Kier molecular flexibility index (Phi) is 5.19. The van der Waals surface area contributed by atoms with Crippen LogP contribution in [0.2, 0.25) is 5.02 Å². The number of rotatable bonds is 6. The van der Waals surface area contributed by atoms with E-state index in [0.29, 0.717) is 21.7 Å². The van der Waals surface area contributed by atoms with Crippen molar-refractivity contribution in [3.8, 4) is 0 Å². The van der Waals surface area contributed by atoms with Crippen molar-refractivity contribution in [2.24, 2.45) is 7.05 Å². The summed E-state index contributed by atoms with van der Waals surface area (Å²) in [6, 6.07) is 11.3. The maximum atomic E-state index is 12.6. The Morgan fingerprint density at radius 3 is 2.69 bits per heavy atom. The van der Waals surface area contributed by atoms with Gasteiger partial charge in [0.25, 0.3) is 0 Å². The molecule has 0 radical (unpaired) electrons. The first-order valence-electron chi connectivity index (χ1n) is 7.70. The first-order chi connectivity index (χ1) is 12.3. The van der Waals surface area contributed by atoms with Crippen molar-refractivity contribution in [1.29, 1.82) is 0 Å². The fourth-order valence-corrected chi connectivity index (χ4v) is 3.91. The molecule has 9 heteroatoms. The zero-order valence-corrected chi connectivity index (χ0v) is 15.7. The summed E-state index contributed by atoms with van der Waals surface area (Å²) in [6.07, 6.45) is -0.541. The lowest BCUT2D eigenvalue weighted by atomic mass is 10.1. The topological polar surface area (TPSA) is 90.5 Å². The fourth-order valence-electron chi connectivity index (χ4n) is 2.60. The molecule has 0 unspecified atom stereocenters. The summed E-state index contributed by atoms with van der Waals surface area (Å²) in [7, 11) is -0.823. The van der Waals surface area contributed by atoms with Gasteiger partial charge in [-0.05, 0) is 24.3 Å². The van der Waals surface area contributed by atoms with Crippen LogP contribution in [0.15, 0.2) is 56.6 Å². The van der Waals surface area contributed by atoms with E-state index in [1.165, 1.54) is 36.9 Å². The molecule has 0 amide bonds. The van der Waals surface area contributed by atoms with E-state index < -0.39 is 21.9 Å². The quantitative estimate of drug-likeness (QED) is 0.691. The average molecular weight is 397 g/mol. The molecule has 3 rings (SSSR count). The SMILES string of the molecule is CO[C@H](CNS(=O)(=O)c1ccc2oc(=O)n(C)c2c1)c1ccccc1Cl. The van der Waals surface area contributed by atoms with Crippen LogP contribution < -0.4 is 10.5 Å². The highest BCUT2D eigenvalue weighted by molar-refractivity contribution is 7.89. The summed E-state index contributed by atoms with van der Waals surface area (Å²) in [5, 5.41) is 0.494. The predicted molar refractivity (Wildman–Crippen MR) is 97.8 cm³/mol. The Bertz CT molecular complexity index is 1100. The van der Waals surface area contributed by atoms with Gasteiger partial charge in [-0.1, -0.05) is 29.8 Å². The third-order valence-electron chi connectivity index (χ3n) is 4.07. The van der Waals surface area contributed by atoms with Gasteiger partial charge in [-0.2, -0.15) is 0 Å². The zero-order chi connectivity index (χ0) is 18.9. The van der Waals surface area contributed by atoms with E-state index in [4.69, 9.17) is 20.8 Å². The number of benzene rings is 2. The third-order valence-corrected chi connectivity index (χ3v) is 5.83. The van der Waals surface area contributed by atoms with Gasteiger partial charge in [-0.3, -0.25) is 4.57 Å². The number of oxazole rings is 1. The van der Waals surface area contributed by atoms with Gasteiger partial charge in [0.15, 0.2) is 5.58 Å². The highest BCUT2D eigenvalue weighted by Gasteiger charge is 2.20. The highest BCUT2D eigenvalue weighted by atomic mass is 35.5. The second kappa shape index (κ2) is 7.24. The number of ether oxygens (including phenoxy) is 1. The van der Waals surface area contributed by atoms with Gasteiger partial charge in [0.2, 0.25) is 10.0 Å². The molecule has 1 aromatic heterocycles. The van der Waals surface area contributed by atoms with Crippen molar-refractivity contribution in [2.75, 3.05) is 13.7 Å². The van der Waals surface area contributed by atoms with Crippen molar-refractivity contribution < 1.29 is 17.6 Å². The van der Waals surface area contributed by atoms with Crippen LogP contribution in [0, 0.1) is 0 Å². The number of halogens is 1. The molecule has 26 heavy (non-hydrogen) atoms. The normalized spacial score (nSPS) is 13.2. The van der Waals surface area contributed by atoms with Crippen molar-refractivity contribution in [3.63, 3.8) is 0 Å². The Labute approximate surface area is 155 Å². The smallest absolute Gasteiger partial charge is 0.408 e. The monoisotopic (exact) mass is 396 g/mol. The summed E-state index contributed by atoms with van der Waals surface area (Å²) >= 11 is 6.15. The van der Waals surface area contributed by atoms with Crippen LogP contribution in [0.1, 0.15) is 11.7 Å². The van der Waals surface area contributed by atoms with Crippen molar-refractivity contribution in [3.05, 3.63) is 63.6 Å². The molecule has 0 spiro atoms. The van der Waals surface area contributed by atoms with Crippen LogP contribution in [0.25, 0.3) is 11.1 Å². The summed E-state index contributed by atoms with van der Waals surface area (Å²) < 4.78 is 39.4. The average Bonchev–Trinajstić information content (AvgIpc) is 2.91. The molecular weight excluding hydrogens is 380 g/mol. The molecule has 0 fully saturated rings. The van der Waals surface area contributed by atoms with Crippen LogP contribution >= 0.6 is 11.6 Å². The van der Waals surface area contributed by atoms with Crippen LogP contribution in [0.4, 0.5) is 0 Å². The Morgan fingerprint density at radius 2 is 2.00 bits per heavy atom. The van der Waals surface area contributed by atoms with Gasteiger partial charge in [0.05, 0.1) is 16.5 Å². The minimum Gasteiger partial charge on any atom is -0.408 e. The molecule has 1 N–H and O–H groups in total. The van der Waals surface area contributed by atoms with Gasteiger partial charge in [-0.25, -0.2) is 17.9 Å². The number of hydrogen-bond donors (Lipinski definition) is 1. The lowest BCUT2D eigenvalue weighted by molar-refractivity contribution is 0.107. The largest absolute Gasteiger partial charge is 0.419 e. The molecule has 0 bridgehead atoms. The molecule has 1 heterocycles. The summed E-state index contributed by atoms with van der Waals surface area (Å²) in [5.74, 6) is -0.555. The molecule has 1 atom stereocenters. The van der Waals surface area contributed by atoms with Gasteiger partial charge < -0.3 is 9.15 Å². The first-order valence-corrected chi connectivity index (χ1v) is 9.56. The molecule has 0 saturated carbocycles. The predicted octanol–water partition coefficient (Wildman–Crippen LogP) is 2.45. The lowest BCUT2D eigenvalue weighted by Gasteiger charge is -2.18. The van der Waals surface area contributed by atoms with E-state index in [-0.39, 0.29) is 11.4 Å². The van der Waals surface area contributed by atoms with Gasteiger partial charge >= 0.3 is 5.76 Å². The van der Waals surface area contributed by atoms with Crippen molar-refractivity contribution in [1.82, 2.24) is 9.29 Å². The van der Waals surface area contributed by atoms with E-state index in [0.717, 1.165) is 0 Å². The number of sulfonamides is 1. The Morgan fingerprint density at radius 1 is 1.27 bits per heavy atom. The molecule has 3 aromatic rings. The molecule has 0 saturated heterocycles. The zero-order valence-electron chi connectivity index (χ0n) is 14.1. The standard InChI is InChI=1S/C17H17ClN2O5S/c1-20-14-9-11(7-8-15(14)25-17(20)21)26(22,23)19-10-16(24-2)12-5-3-4-6-13(12)18/h3-9,16,19H,10H2,1-2H3/t16-/m1/s1. The highest BCUT2D eigenvalue weighted by Crippen LogP contribution is 2.25. The van der Waals surface area contributed by atoms with E-state index >= 15 is 0 Å². The number of hydrogen-bond acceptors (Lipinski definition) is 5. The molecule has 138 valence electrons. The van der Waals surface area contributed by atoms with Crippen LogP contribution in [-0.2, 0) is 21.8 Å². The maximum absolute atomic E-state index is 12.6. The van der Waals surface area contributed by atoms with Gasteiger partial charge in [-0.15, -0.1) is 0 Å². The molecule has 7 nitrogen and oxygen atoms in total. The summed E-state index contributed by atoms with van der Waals surface area (Å²) in [4.78, 5) is 11.6. The second-order valence-electron chi connectivity index (χ2n) is 5.65. The number of aromatic nitrogens is 1. The fraction of sp³-hybridized carbons (Fsp3) is 0.235.